The Morgan fingerprint density at radius 2 is 2.09 bits per heavy atom. The molecule has 1 atom stereocenters. The summed E-state index contributed by atoms with van der Waals surface area (Å²) < 4.78 is 0. The number of nitrogens with two attached hydrogens (primary N) is 1. The SMILES string of the molecule is CC(C)(C)NC(=O)C(N)CO. The summed E-state index contributed by atoms with van der Waals surface area (Å²) in [5.74, 6) is -0.319. The van der Waals surface area contributed by atoms with Gasteiger partial charge < -0.3 is 16.2 Å². The Morgan fingerprint density at radius 1 is 1.64 bits per heavy atom. The molecule has 0 bridgehead atoms. The van der Waals surface area contributed by atoms with Gasteiger partial charge in [0.1, 0.15) is 6.04 Å². The van der Waals surface area contributed by atoms with Crippen LogP contribution < -0.4 is 11.1 Å². The first-order chi connectivity index (χ1) is 4.87. The lowest BCUT2D eigenvalue weighted by molar-refractivity contribution is -0.124. The van der Waals surface area contributed by atoms with E-state index in [1.807, 2.05) is 20.8 Å². The molecule has 0 heterocycles. The zero-order valence-electron chi connectivity index (χ0n) is 7.22. The molecule has 11 heavy (non-hydrogen) atoms. The van der Waals surface area contributed by atoms with E-state index in [4.69, 9.17) is 10.8 Å². The van der Waals surface area contributed by atoms with Gasteiger partial charge in [-0.3, -0.25) is 4.79 Å². The van der Waals surface area contributed by atoms with Crippen LogP contribution in [-0.4, -0.2) is 29.2 Å². The van der Waals surface area contributed by atoms with Crippen LogP contribution >= 0.6 is 0 Å². The van der Waals surface area contributed by atoms with Crippen LogP contribution in [0.4, 0.5) is 0 Å². The van der Waals surface area contributed by atoms with E-state index in [0.717, 1.165) is 0 Å². The summed E-state index contributed by atoms with van der Waals surface area (Å²) in [7, 11) is 0. The molecule has 0 aliphatic heterocycles. The molecule has 4 nitrogen and oxygen atoms in total. The first-order valence-corrected chi connectivity index (χ1v) is 3.55. The van der Waals surface area contributed by atoms with Crippen LogP contribution in [0.5, 0.6) is 0 Å². The van der Waals surface area contributed by atoms with Crippen LogP contribution in [0, 0.1) is 0 Å². The number of nitrogens with one attached hydrogen (secondary N) is 1. The minimum atomic E-state index is -0.811. The molecule has 0 radical (unpaired) electrons. The maximum absolute atomic E-state index is 11.0. The molecule has 1 amide bonds. The van der Waals surface area contributed by atoms with Crippen molar-refractivity contribution >= 4 is 5.91 Å². The van der Waals surface area contributed by atoms with E-state index in [2.05, 4.69) is 5.32 Å². The van der Waals surface area contributed by atoms with Crippen molar-refractivity contribution in [1.82, 2.24) is 5.32 Å². The van der Waals surface area contributed by atoms with Crippen LogP contribution in [0.3, 0.4) is 0 Å². The fourth-order valence-corrected chi connectivity index (χ4v) is 0.545. The van der Waals surface area contributed by atoms with Gasteiger partial charge in [0.05, 0.1) is 6.61 Å². The molecule has 66 valence electrons. The van der Waals surface area contributed by atoms with Crippen LogP contribution in [0.1, 0.15) is 20.8 Å². The van der Waals surface area contributed by atoms with Gasteiger partial charge in [0, 0.05) is 5.54 Å². The van der Waals surface area contributed by atoms with Crippen molar-refractivity contribution in [3.8, 4) is 0 Å². The van der Waals surface area contributed by atoms with Crippen molar-refractivity contribution in [3.63, 3.8) is 0 Å². The standard InChI is InChI=1S/C7H16N2O2/c1-7(2,3)9-6(11)5(8)4-10/h5,10H,4,8H2,1-3H3,(H,9,11). The smallest absolute Gasteiger partial charge is 0.239 e. The highest BCUT2D eigenvalue weighted by Crippen LogP contribution is 1.98. The molecule has 1 unspecified atom stereocenters. The first kappa shape index (κ1) is 10.4. The van der Waals surface area contributed by atoms with Gasteiger partial charge in [-0.2, -0.15) is 0 Å². The van der Waals surface area contributed by atoms with Crippen LogP contribution in [0.25, 0.3) is 0 Å². The Kier molecular flexibility index (Phi) is 3.48. The minimum Gasteiger partial charge on any atom is -0.394 e. The maximum atomic E-state index is 11.0. The number of aliphatic hydroxyl groups is 1. The fourth-order valence-electron chi connectivity index (χ4n) is 0.545. The summed E-state index contributed by atoms with van der Waals surface area (Å²) in [6.45, 7) is 5.25. The van der Waals surface area contributed by atoms with Gasteiger partial charge in [0.2, 0.25) is 5.91 Å². The molecule has 0 aliphatic carbocycles. The molecule has 0 spiro atoms. The van der Waals surface area contributed by atoms with Gasteiger partial charge in [-0.05, 0) is 20.8 Å². The maximum Gasteiger partial charge on any atom is 0.239 e. The van der Waals surface area contributed by atoms with Gasteiger partial charge in [-0.1, -0.05) is 0 Å². The molecule has 0 aromatic carbocycles. The van der Waals surface area contributed by atoms with E-state index < -0.39 is 6.04 Å². The lowest BCUT2D eigenvalue weighted by atomic mass is 10.1. The average molecular weight is 160 g/mol. The van der Waals surface area contributed by atoms with Gasteiger partial charge in [-0.15, -0.1) is 0 Å². The number of hydrogen-bond acceptors (Lipinski definition) is 3. The molecular formula is C7H16N2O2. The number of rotatable bonds is 2. The van der Waals surface area contributed by atoms with Crippen LogP contribution in [0.2, 0.25) is 0 Å². The van der Waals surface area contributed by atoms with Crippen molar-refractivity contribution in [2.24, 2.45) is 5.73 Å². The monoisotopic (exact) mass is 160 g/mol. The highest BCUT2D eigenvalue weighted by atomic mass is 16.3. The predicted octanol–water partition coefficient (Wildman–Crippen LogP) is -0.779. The third-order valence-corrected chi connectivity index (χ3v) is 1.03. The molecule has 4 heteroatoms. The lowest BCUT2D eigenvalue weighted by Gasteiger charge is -2.22. The molecule has 0 rings (SSSR count). The zero-order chi connectivity index (χ0) is 9.07. The van der Waals surface area contributed by atoms with Crippen molar-refractivity contribution in [2.45, 2.75) is 32.4 Å². The number of aliphatic hydroxyl groups excluding tert-OH is 1. The number of amides is 1. The second kappa shape index (κ2) is 3.69. The van der Waals surface area contributed by atoms with Crippen molar-refractivity contribution in [3.05, 3.63) is 0 Å². The van der Waals surface area contributed by atoms with Crippen molar-refractivity contribution in [2.75, 3.05) is 6.61 Å². The highest BCUT2D eigenvalue weighted by molar-refractivity contribution is 5.82. The minimum absolute atomic E-state index is 0.288. The summed E-state index contributed by atoms with van der Waals surface area (Å²) in [5, 5.41) is 11.2. The molecule has 0 aromatic rings. The Hall–Kier alpha value is -0.610. The van der Waals surface area contributed by atoms with Gasteiger partial charge in [-0.25, -0.2) is 0 Å². The number of carbonyl (C=O) groups excluding carboxylic acids is 1. The van der Waals surface area contributed by atoms with Crippen molar-refractivity contribution < 1.29 is 9.90 Å². The molecule has 0 aromatic heterocycles. The summed E-state index contributed by atoms with van der Waals surface area (Å²) in [4.78, 5) is 11.0. The Balaban J connectivity index is 3.88. The normalized spacial score (nSPS) is 14.3. The average Bonchev–Trinajstić information content (AvgIpc) is 1.82. The largest absolute Gasteiger partial charge is 0.394 e. The fraction of sp³-hybridized carbons (Fsp3) is 0.857. The van der Waals surface area contributed by atoms with E-state index in [-0.39, 0.29) is 18.1 Å². The van der Waals surface area contributed by atoms with Gasteiger partial charge >= 0.3 is 0 Å². The van der Waals surface area contributed by atoms with Gasteiger partial charge in [0.15, 0.2) is 0 Å². The predicted molar refractivity (Wildman–Crippen MR) is 43.0 cm³/mol. The van der Waals surface area contributed by atoms with Crippen molar-refractivity contribution in [1.29, 1.82) is 0 Å². The molecular weight excluding hydrogens is 144 g/mol. The first-order valence-electron chi connectivity index (χ1n) is 3.55. The Morgan fingerprint density at radius 3 is 2.36 bits per heavy atom. The number of carbonyl (C=O) groups is 1. The van der Waals surface area contributed by atoms with E-state index in [1.165, 1.54) is 0 Å². The third-order valence-electron chi connectivity index (χ3n) is 1.03. The highest BCUT2D eigenvalue weighted by Gasteiger charge is 2.18. The Bertz CT molecular complexity index is 140. The van der Waals surface area contributed by atoms with E-state index in [1.54, 1.807) is 0 Å². The van der Waals surface area contributed by atoms with Crippen LogP contribution in [-0.2, 0) is 4.79 Å². The molecule has 0 fully saturated rings. The Labute approximate surface area is 66.8 Å². The summed E-state index contributed by atoms with van der Waals surface area (Å²) in [6, 6.07) is -0.811. The third kappa shape index (κ3) is 4.75. The van der Waals surface area contributed by atoms with Crippen LogP contribution in [0.15, 0.2) is 0 Å². The summed E-state index contributed by atoms with van der Waals surface area (Å²) in [6.07, 6.45) is 0. The topological polar surface area (TPSA) is 75.4 Å². The molecule has 0 saturated carbocycles. The number of hydrogen-bond donors (Lipinski definition) is 3. The quantitative estimate of drug-likeness (QED) is 0.496. The molecule has 0 saturated heterocycles. The van der Waals surface area contributed by atoms with E-state index in [0.29, 0.717) is 0 Å². The van der Waals surface area contributed by atoms with E-state index >= 15 is 0 Å². The second-order valence-corrected chi connectivity index (χ2v) is 3.53. The molecule has 4 N–H and O–H groups in total. The lowest BCUT2D eigenvalue weighted by Crippen LogP contribution is -2.50. The van der Waals surface area contributed by atoms with E-state index in [9.17, 15) is 4.79 Å². The van der Waals surface area contributed by atoms with Gasteiger partial charge in [0.25, 0.3) is 0 Å². The molecule has 0 aliphatic rings. The zero-order valence-corrected chi connectivity index (χ0v) is 7.22. The summed E-state index contributed by atoms with van der Waals surface area (Å²) >= 11 is 0. The summed E-state index contributed by atoms with van der Waals surface area (Å²) in [5.41, 5.74) is 4.97. The second-order valence-electron chi connectivity index (χ2n) is 3.53.